The normalized spacial score (nSPS) is 32.5. The van der Waals surface area contributed by atoms with Crippen molar-refractivity contribution in [3.8, 4) is 0 Å². The summed E-state index contributed by atoms with van der Waals surface area (Å²) in [5.41, 5.74) is 0.856. The molecule has 1 fully saturated rings. The molecule has 0 saturated heterocycles. The van der Waals surface area contributed by atoms with Crippen LogP contribution in [0.1, 0.15) is 40.5 Å². The van der Waals surface area contributed by atoms with Crippen molar-refractivity contribution in [1.82, 2.24) is 0 Å². The molecule has 0 bridgehead atoms. The van der Waals surface area contributed by atoms with Gasteiger partial charge in [-0.15, -0.1) is 0 Å². The van der Waals surface area contributed by atoms with Crippen LogP contribution < -0.4 is 0 Å². The highest BCUT2D eigenvalue weighted by Crippen LogP contribution is 2.50. The van der Waals surface area contributed by atoms with Gasteiger partial charge in [-0.2, -0.15) is 0 Å². The standard InChI is InChI=1S/C17H22O5/c1-9(16(20)21)13-8-17(4)10(2)15(22-11(3)18)6-5-12(17)7-14(13)19/h7-10,15H,5-6H2,1-4H3,(H,20,21)/t9?,10-,15-,17+/m0/s1. The average molecular weight is 306 g/mol. The number of ketones is 1. The van der Waals surface area contributed by atoms with Gasteiger partial charge in [0.25, 0.3) is 0 Å². The van der Waals surface area contributed by atoms with Gasteiger partial charge in [-0.05, 0) is 25.8 Å². The summed E-state index contributed by atoms with van der Waals surface area (Å²) in [6.07, 6.45) is 4.51. The molecule has 2 aliphatic carbocycles. The summed E-state index contributed by atoms with van der Waals surface area (Å²) >= 11 is 0. The second kappa shape index (κ2) is 5.71. The number of hydrogen-bond donors (Lipinski definition) is 1. The van der Waals surface area contributed by atoms with Gasteiger partial charge >= 0.3 is 11.9 Å². The van der Waals surface area contributed by atoms with Crippen LogP contribution in [0.3, 0.4) is 0 Å². The van der Waals surface area contributed by atoms with Crippen LogP contribution in [-0.4, -0.2) is 28.9 Å². The van der Waals surface area contributed by atoms with E-state index in [0.29, 0.717) is 18.4 Å². The molecule has 22 heavy (non-hydrogen) atoms. The SMILES string of the molecule is CC(=O)O[C@H]1CCC2=CC(=O)C(C(C)C(=O)O)=C[C@]2(C)[C@H]1C. The number of carboxylic acid groups (broad SMARTS) is 1. The molecule has 0 heterocycles. The summed E-state index contributed by atoms with van der Waals surface area (Å²) in [6, 6.07) is 0. The topological polar surface area (TPSA) is 80.7 Å². The second-order valence-electron chi connectivity index (χ2n) is 6.45. The summed E-state index contributed by atoms with van der Waals surface area (Å²) in [7, 11) is 0. The molecule has 1 saturated carbocycles. The van der Waals surface area contributed by atoms with Crippen molar-refractivity contribution >= 4 is 17.7 Å². The first-order valence-electron chi connectivity index (χ1n) is 7.55. The summed E-state index contributed by atoms with van der Waals surface area (Å²) in [6.45, 7) is 6.88. The van der Waals surface area contributed by atoms with E-state index in [2.05, 4.69) is 0 Å². The first-order valence-corrected chi connectivity index (χ1v) is 7.55. The van der Waals surface area contributed by atoms with Crippen molar-refractivity contribution in [3.05, 3.63) is 23.3 Å². The number of hydrogen-bond acceptors (Lipinski definition) is 4. The van der Waals surface area contributed by atoms with E-state index in [9.17, 15) is 19.5 Å². The summed E-state index contributed by atoms with van der Waals surface area (Å²) in [5, 5.41) is 9.19. The van der Waals surface area contributed by atoms with E-state index in [0.717, 1.165) is 5.57 Å². The third-order valence-corrected chi connectivity index (χ3v) is 5.09. The zero-order valence-corrected chi connectivity index (χ0v) is 13.4. The van der Waals surface area contributed by atoms with Crippen LogP contribution in [0.5, 0.6) is 0 Å². The Labute approximate surface area is 130 Å². The van der Waals surface area contributed by atoms with Crippen LogP contribution in [-0.2, 0) is 19.1 Å². The van der Waals surface area contributed by atoms with Crippen LogP contribution in [0, 0.1) is 17.3 Å². The lowest BCUT2D eigenvalue weighted by atomic mass is 9.60. The minimum absolute atomic E-state index is 0.0134. The molecule has 0 radical (unpaired) electrons. The Morgan fingerprint density at radius 2 is 2.09 bits per heavy atom. The van der Waals surface area contributed by atoms with E-state index < -0.39 is 17.3 Å². The van der Waals surface area contributed by atoms with Gasteiger partial charge in [-0.1, -0.05) is 25.5 Å². The summed E-state index contributed by atoms with van der Waals surface area (Å²) in [5.74, 6) is -2.41. The Morgan fingerprint density at radius 1 is 1.45 bits per heavy atom. The number of ether oxygens (including phenoxy) is 1. The number of esters is 1. The molecule has 120 valence electrons. The molecule has 5 nitrogen and oxygen atoms in total. The van der Waals surface area contributed by atoms with Crippen molar-refractivity contribution < 1.29 is 24.2 Å². The highest BCUT2D eigenvalue weighted by atomic mass is 16.5. The van der Waals surface area contributed by atoms with Crippen LogP contribution in [0.4, 0.5) is 0 Å². The molecule has 0 aliphatic heterocycles. The van der Waals surface area contributed by atoms with E-state index >= 15 is 0 Å². The predicted octanol–water partition coefficient (Wildman–Crippen LogP) is 2.51. The van der Waals surface area contributed by atoms with E-state index in [-0.39, 0.29) is 23.8 Å². The Bertz CT molecular complexity index is 586. The van der Waals surface area contributed by atoms with Crippen molar-refractivity contribution in [3.63, 3.8) is 0 Å². The number of allylic oxidation sites excluding steroid dienone is 3. The molecular formula is C17H22O5. The maximum atomic E-state index is 12.2. The molecule has 2 rings (SSSR count). The van der Waals surface area contributed by atoms with Gasteiger partial charge in [0.2, 0.25) is 0 Å². The molecule has 5 heteroatoms. The molecule has 2 aliphatic rings. The summed E-state index contributed by atoms with van der Waals surface area (Å²) < 4.78 is 5.39. The van der Waals surface area contributed by atoms with Gasteiger partial charge in [-0.3, -0.25) is 14.4 Å². The van der Waals surface area contributed by atoms with E-state index in [1.54, 1.807) is 12.2 Å². The van der Waals surface area contributed by atoms with Gasteiger partial charge in [0, 0.05) is 23.8 Å². The fourth-order valence-electron chi connectivity index (χ4n) is 3.43. The monoisotopic (exact) mass is 306 g/mol. The third-order valence-electron chi connectivity index (χ3n) is 5.09. The van der Waals surface area contributed by atoms with E-state index in [4.69, 9.17) is 4.74 Å². The number of carbonyl (C=O) groups is 3. The van der Waals surface area contributed by atoms with Gasteiger partial charge in [0.15, 0.2) is 5.78 Å². The van der Waals surface area contributed by atoms with Crippen LogP contribution in [0.25, 0.3) is 0 Å². The molecular weight excluding hydrogens is 284 g/mol. The van der Waals surface area contributed by atoms with Crippen LogP contribution >= 0.6 is 0 Å². The molecule has 4 atom stereocenters. The molecule has 0 amide bonds. The maximum absolute atomic E-state index is 12.2. The first kappa shape index (κ1) is 16.5. The van der Waals surface area contributed by atoms with Crippen molar-refractivity contribution in [2.45, 2.75) is 46.6 Å². The van der Waals surface area contributed by atoms with E-state index in [1.165, 1.54) is 13.8 Å². The van der Waals surface area contributed by atoms with Gasteiger partial charge in [0.05, 0.1) is 5.92 Å². The molecule has 0 aromatic carbocycles. The van der Waals surface area contributed by atoms with Crippen molar-refractivity contribution in [2.24, 2.45) is 17.3 Å². The summed E-state index contributed by atoms with van der Waals surface area (Å²) in [4.78, 5) is 34.7. The number of aliphatic carboxylic acids is 1. The number of fused-ring (bicyclic) bond motifs is 1. The predicted molar refractivity (Wildman–Crippen MR) is 80.0 cm³/mol. The van der Waals surface area contributed by atoms with Gasteiger partial charge in [0.1, 0.15) is 6.10 Å². The molecule has 0 aromatic rings. The Hall–Kier alpha value is -1.91. The fourth-order valence-corrected chi connectivity index (χ4v) is 3.43. The smallest absolute Gasteiger partial charge is 0.310 e. The maximum Gasteiger partial charge on any atom is 0.310 e. The highest BCUT2D eigenvalue weighted by Gasteiger charge is 2.46. The van der Waals surface area contributed by atoms with Gasteiger partial charge in [-0.25, -0.2) is 0 Å². The largest absolute Gasteiger partial charge is 0.481 e. The van der Waals surface area contributed by atoms with Crippen LogP contribution in [0.15, 0.2) is 23.3 Å². The highest BCUT2D eigenvalue weighted by molar-refractivity contribution is 6.08. The van der Waals surface area contributed by atoms with E-state index in [1.807, 2.05) is 13.8 Å². The zero-order chi connectivity index (χ0) is 16.7. The van der Waals surface area contributed by atoms with Crippen molar-refractivity contribution in [1.29, 1.82) is 0 Å². The third kappa shape index (κ3) is 2.72. The Kier molecular flexibility index (Phi) is 4.27. The molecule has 0 spiro atoms. The zero-order valence-electron chi connectivity index (χ0n) is 13.4. The lowest BCUT2D eigenvalue weighted by molar-refractivity contribution is -0.152. The van der Waals surface area contributed by atoms with Gasteiger partial charge < -0.3 is 9.84 Å². The van der Waals surface area contributed by atoms with Crippen molar-refractivity contribution in [2.75, 3.05) is 0 Å². The van der Waals surface area contributed by atoms with Crippen LogP contribution in [0.2, 0.25) is 0 Å². The average Bonchev–Trinajstić information content (AvgIpc) is 2.43. The minimum atomic E-state index is -1.01. The fraction of sp³-hybridized carbons (Fsp3) is 0.588. The minimum Gasteiger partial charge on any atom is -0.481 e. The first-order chi connectivity index (χ1) is 10.2. The Balaban J connectivity index is 2.39. The molecule has 0 aromatic heterocycles. The lowest BCUT2D eigenvalue weighted by Crippen LogP contribution is -2.43. The number of carbonyl (C=O) groups excluding carboxylic acids is 2. The molecule has 1 unspecified atom stereocenters. The second-order valence-corrected chi connectivity index (χ2v) is 6.45. The molecule has 1 N–H and O–H groups in total. The number of rotatable bonds is 3. The quantitative estimate of drug-likeness (QED) is 0.810. The Morgan fingerprint density at radius 3 is 2.64 bits per heavy atom. The lowest BCUT2D eigenvalue weighted by Gasteiger charge is -2.46. The number of carboxylic acids is 1.